The van der Waals surface area contributed by atoms with Crippen LogP contribution in [0.3, 0.4) is 0 Å². The number of aromatic carboxylic acids is 1. The summed E-state index contributed by atoms with van der Waals surface area (Å²) >= 11 is 5.83. The third-order valence-electron chi connectivity index (χ3n) is 1.98. The molecular weight excluding hydrogens is 242 g/mol. The Kier molecular flexibility index (Phi) is 3.20. The topological polar surface area (TPSA) is 75.1 Å². The van der Waals surface area contributed by atoms with Gasteiger partial charge in [-0.05, 0) is 18.2 Å². The van der Waals surface area contributed by atoms with Gasteiger partial charge in [0.05, 0.1) is 0 Å². The van der Waals surface area contributed by atoms with Crippen LogP contribution in [-0.2, 0) is 0 Å². The summed E-state index contributed by atoms with van der Waals surface area (Å²) in [7, 11) is 0. The molecule has 1 heterocycles. The molecule has 86 valence electrons. The first kappa shape index (κ1) is 11.3. The van der Waals surface area contributed by atoms with Crippen molar-refractivity contribution < 1.29 is 9.90 Å². The van der Waals surface area contributed by atoms with E-state index in [4.69, 9.17) is 16.7 Å². The fraction of sp³-hybridized carbons (Fsp3) is 0. The Morgan fingerprint density at radius 1 is 1.29 bits per heavy atom. The molecule has 17 heavy (non-hydrogen) atoms. The average Bonchev–Trinajstić information content (AvgIpc) is 2.29. The highest BCUT2D eigenvalue weighted by Crippen LogP contribution is 2.18. The molecule has 0 spiro atoms. The molecule has 2 aromatic rings. The largest absolute Gasteiger partial charge is 0.477 e. The zero-order valence-electron chi connectivity index (χ0n) is 8.59. The number of carboxylic acid groups (broad SMARTS) is 1. The Labute approximate surface area is 102 Å². The molecule has 0 aliphatic carbocycles. The fourth-order valence-electron chi connectivity index (χ4n) is 1.26. The number of aromatic nitrogens is 2. The number of halogens is 1. The molecule has 0 saturated heterocycles. The van der Waals surface area contributed by atoms with Crippen molar-refractivity contribution in [2.75, 3.05) is 5.32 Å². The fourth-order valence-corrected chi connectivity index (χ4v) is 1.45. The molecule has 1 aromatic heterocycles. The molecule has 2 rings (SSSR count). The normalized spacial score (nSPS) is 9.94. The van der Waals surface area contributed by atoms with E-state index in [1.807, 2.05) is 0 Å². The van der Waals surface area contributed by atoms with Gasteiger partial charge in [0.2, 0.25) is 0 Å². The second kappa shape index (κ2) is 4.80. The van der Waals surface area contributed by atoms with E-state index >= 15 is 0 Å². The second-order valence-electron chi connectivity index (χ2n) is 3.23. The van der Waals surface area contributed by atoms with Crippen LogP contribution in [0.5, 0.6) is 0 Å². The van der Waals surface area contributed by atoms with Crippen LogP contribution in [0.15, 0.2) is 36.7 Å². The summed E-state index contributed by atoms with van der Waals surface area (Å²) in [6.07, 6.45) is 1.19. The lowest BCUT2D eigenvalue weighted by molar-refractivity contribution is 0.0690. The summed E-state index contributed by atoms with van der Waals surface area (Å²) in [5.74, 6) is -0.693. The van der Waals surface area contributed by atoms with Gasteiger partial charge < -0.3 is 10.4 Å². The van der Waals surface area contributed by atoms with E-state index in [2.05, 4.69) is 15.3 Å². The smallest absolute Gasteiger partial charge is 0.354 e. The van der Waals surface area contributed by atoms with Gasteiger partial charge in [-0.1, -0.05) is 17.7 Å². The maximum absolute atomic E-state index is 10.7. The van der Waals surface area contributed by atoms with Crippen molar-refractivity contribution in [3.05, 3.63) is 47.4 Å². The van der Waals surface area contributed by atoms with Crippen molar-refractivity contribution in [2.24, 2.45) is 0 Å². The van der Waals surface area contributed by atoms with Crippen molar-refractivity contribution in [3.8, 4) is 0 Å². The lowest BCUT2D eigenvalue weighted by Crippen LogP contribution is -2.02. The van der Waals surface area contributed by atoms with Crippen LogP contribution >= 0.6 is 11.6 Å². The van der Waals surface area contributed by atoms with Crippen LogP contribution in [0.4, 0.5) is 11.5 Å². The van der Waals surface area contributed by atoms with Crippen molar-refractivity contribution in [1.82, 2.24) is 9.97 Å². The van der Waals surface area contributed by atoms with E-state index in [0.717, 1.165) is 5.69 Å². The minimum absolute atomic E-state index is 0.0653. The van der Waals surface area contributed by atoms with E-state index in [0.29, 0.717) is 10.8 Å². The van der Waals surface area contributed by atoms with Crippen LogP contribution in [-0.4, -0.2) is 21.0 Å². The van der Waals surface area contributed by atoms with Crippen LogP contribution in [0.2, 0.25) is 5.02 Å². The number of benzene rings is 1. The Balaban J connectivity index is 2.24. The highest BCUT2D eigenvalue weighted by atomic mass is 35.5. The molecule has 0 fully saturated rings. The van der Waals surface area contributed by atoms with E-state index < -0.39 is 5.97 Å². The molecular formula is C11H8ClN3O2. The molecule has 0 saturated carbocycles. The summed E-state index contributed by atoms with van der Waals surface area (Å²) in [6.45, 7) is 0. The molecule has 5 nitrogen and oxygen atoms in total. The van der Waals surface area contributed by atoms with Gasteiger partial charge in [-0.25, -0.2) is 14.8 Å². The maximum Gasteiger partial charge on any atom is 0.354 e. The number of nitrogens with one attached hydrogen (secondary N) is 1. The Bertz CT molecular complexity index is 560. The number of carbonyl (C=O) groups is 1. The van der Waals surface area contributed by atoms with Gasteiger partial charge in [-0.2, -0.15) is 0 Å². The number of carboxylic acids is 1. The summed E-state index contributed by atoms with van der Waals surface area (Å²) < 4.78 is 0. The van der Waals surface area contributed by atoms with E-state index in [-0.39, 0.29) is 5.69 Å². The van der Waals surface area contributed by atoms with Crippen molar-refractivity contribution in [3.63, 3.8) is 0 Å². The first-order valence-electron chi connectivity index (χ1n) is 4.73. The molecule has 6 heteroatoms. The Morgan fingerprint density at radius 3 is 2.82 bits per heavy atom. The van der Waals surface area contributed by atoms with Crippen molar-refractivity contribution in [1.29, 1.82) is 0 Å². The summed E-state index contributed by atoms with van der Waals surface area (Å²) in [5, 5.41) is 12.3. The SMILES string of the molecule is O=C(O)c1cc(Nc2cccc(Cl)c2)ncn1. The number of anilines is 2. The number of rotatable bonds is 3. The lowest BCUT2D eigenvalue weighted by Gasteiger charge is -2.05. The minimum Gasteiger partial charge on any atom is -0.477 e. The highest BCUT2D eigenvalue weighted by molar-refractivity contribution is 6.30. The lowest BCUT2D eigenvalue weighted by atomic mass is 10.3. The molecule has 0 unspecified atom stereocenters. The first-order chi connectivity index (χ1) is 8.15. The van der Waals surface area contributed by atoms with Crippen LogP contribution < -0.4 is 5.32 Å². The molecule has 0 atom stereocenters. The first-order valence-corrected chi connectivity index (χ1v) is 5.11. The zero-order valence-corrected chi connectivity index (χ0v) is 9.35. The second-order valence-corrected chi connectivity index (χ2v) is 3.67. The highest BCUT2D eigenvalue weighted by Gasteiger charge is 2.06. The number of hydrogen-bond donors (Lipinski definition) is 2. The van der Waals surface area contributed by atoms with E-state index in [1.54, 1.807) is 24.3 Å². The van der Waals surface area contributed by atoms with E-state index in [9.17, 15) is 4.79 Å². The number of nitrogens with zero attached hydrogens (tertiary/aromatic N) is 2. The predicted octanol–water partition coefficient (Wildman–Crippen LogP) is 2.57. The molecule has 1 aromatic carbocycles. The Hall–Kier alpha value is -2.14. The van der Waals surface area contributed by atoms with Crippen molar-refractivity contribution >= 4 is 29.1 Å². The average molecular weight is 250 g/mol. The molecule has 0 radical (unpaired) electrons. The van der Waals surface area contributed by atoms with Gasteiger partial charge in [0.25, 0.3) is 0 Å². The van der Waals surface area contributed by atoms with Crippen LogP contribution in [0.25, 0.3) is 0 Å². The third kappa shape index (κ3) is 2.92. The minimum atomic E-state index is -1.10. The molecule has 2 N–H and O–H groups in total. The molecule has 0 bridgehead atoms. The van der Waals surface area contributed by atoms with Crippen molar-refractivity contribution in [2.45, 2.75) is 0 Å². The van der Waals surface area contributed by atoms with Gasteiger partial charge in [0, 0.05) is 16.8 Å². The maximum atomic E-state index is 10.7. The predicted molar refractivity (Wildman–Crippen MR) is 63.7 cm³/mol. The number of hydrogen-bond acceptors (Lipinski definition) is 4. The van der Waals surface area contributed by atoms with Gasteiger partial charge in [-0.15, -0.1) is 0 Å². The standard InChI is InChI=1S/C11H8ClN3O2/c12-7-2-1-3-8(4-7)15-10-5-9(11(16)17)13-6-14-10/h1-6H,(H,16,17)(H,13,14,15). The van der Waals surface area contributed by atoms with Crippen LogP contribution in [0, 0.1) is 0 Å². The quantitative estimate of drug-likeness (QED) is 0.874. The zero-order chi connectivity index (χ0) is 12.3. The third-order valence-corrected chi connectivity index (χ3v) is 2.22. The van der Waals surface area contributed by atoms with Gasteiger partial charge in [-0.3, -0.25) is 0 Å². The van der Waals surface area contributed by atoms with Gasteiger partial charge in [0.1, 0.15) is 12.1 Å². The van der Waals surface area contributed by atoms with Crippen LogP contribution in [0.1, 0.15) is 10.5 Å². The summed E-state index contributed by atoms with van der Waals surface area (Å²) in [6, 6.07) is 8.39. The van der Waals surface area contributed by atoms with Gasteiger partial charge >= 0.3 is 5.97 Å². The van der Waals surface area contributed by atoms with Gasteiger partial charge in [0.15, 0.2) is 5.69 Å². The summed E-state index contributed by atoms with van der Waals surface area (Å²) in [4.78, 5) is 18.3. The molecule has 0 aliphatic heterocycles. The Morgan fingerprint density at radius 2 is 2.12 bits per heavy atom. The van der Waals surface area contributed by atoms with E-state index in [1.165, 1.54) is 12.4 Å². The molecule has 0 amide bonds. The monoisotopic (exact) mass is 249 g/mol. The summed E-state index contributed by atoms with van der Waals surface area (Å²) in [5.41, 5.74) is 0.664. The molecule has 0 aliphatic rings.